The van der Waals surface area contributed by atoms with E-state index in [4.69, 9.17) is 0 Å². The molecular formula is C43H40N6SSi. The molecule has 252 valence electrons. The fourth-order valence-electron chi connectivity index (χ4n) is 6.62. The first-order chi connectivity index (χ1) is 25.0. The van der Waals surface area contributed by atoms with Crippen LogP contribution in [0.2, 0.25) is 0 Å². The van der Waals surface area contributed by atoms with Gasteiger partial charge in [-0.1, -0.05) is 121 Å². The molecule has 6 aromatic carbocycles. The molecule has 0 amide bonds. The predicted octanol–water partition coefficient (Wildman–Crippen LogP) is 7.69. The van der Waals surface area contributed by atoms with E-state index in [1.807, 2.05) is 11.8 Å². The molecule has 1 heterocycles. The number of nitrogens with zero attached hydrogens (tertiary/aromatic N) is 3. The lowest BCUT2D eigenvalue weighted by molar-refractivity contribution is 1.06. The third-order valence-corrected chi connectivity index (χ3v) is 14.7. The lowest BCUT2D eigenvalue weighted by Crippen LogP contribution is -2.74. The summed E-state index contributed by atoms with van der Waals surface area (Å²) in [5.74, 6) is 2.28. The van der Waals surface area contributed by atoms with Crippen LogP contribution in [0.15, 0.2) is 163 Å². The lowest BCUT2D eigenvalue weighted by Gasteiger charge is -2.34. The van der Waals surface area contributed by atoms with Crippen LogP contribution in [0.4, 0.5) is 29.2 Å². The predicted molar refractivity (Wildman–Crippen MR) is 218 cm³/mol. The number of hydrogen-bond acceptors (Lipinski definition) is 7. The Labute approximate surface area is 305 Å². The number of rotatable bonds is 12. The first-order valence-electron chi connectivity index (χ1n) is 17.0. The van der Waals surface area contributed by atoms with Gasteiger partial charge in [0.05, 0.1) is 0 Å². The van der Waals surface area contributed by atoms with Gasteiger partial charge in [-0.2, -0.15) is 15.0 Å². The molecule has 0 saturated carbocycles. The maximum absolute atomic E-state index is 4.63. The molecule has 51 heavy (non-hydrogen) atoms. The summed E-state index contributed by atoms with van der Waals surface area (Å²) in [6.07, 6.45) is 0. The molecular weight excluding hydrogens is 661 g/mol. The van der Waals surface area contributed by atoms with E-state index in [-0.39, 0.29) is 0 Å². The zero-order chi connectivity index (χ0) is 35.0. The van der Waals surface area contributed by atoms with Crippen molar-refractivity contribution in [2.75, 3.05) is 23.0 Å². The highest BCUT2D eigenvalue weighted by molar-refractivity contribution is 7.98. The second kappa shape index (κ2) is 15.5. The van der Waals surface area contributed by atoms with Crippen molar-refractivity contribution in [1.82, 2.24) is 15.0 Å². The van der Waals surface area contributed by atoms with Crippen molar-refractivity contribution in [1.29, 1.82) is 0 Å². The molecule has 0 saturated heterocycles. The molecule has 8 heteroatoms. The third kappa shape index (κ3) is 7.72. The molecule has 0 radical (unpaired) electrons. The van der Waals surface area contributed by atoms with E-state index < -0.39 is 8.07 Å². The Balaban J connectivity index is 1.07. The molecule has 7 aromatic rings. The van der Waals surface area contributed by atoms with E-state index >= 15 is 0 Å². The van der Waals surface area contributed by atoms with Crippen LogP contribution in [0.3, 0.4) is 0 Å². The van der Waals surface area contributed by atoms with E-state index in [2.05, 4.69) is 202 Å². The van der Waals surface area contributed by atoms with Gasteiger partial charge in [-0.15, -0.1) is 11.8 Å². The number of anilines is 5. The second-order valence-corrected chi connectivity index (χ2v) is 17.4. The van der Waals surface area contributed by atoms with E-state index in [0.717, 1.165) is 17.1 Å². The summed E-state index contributed by atoms with van der Waals surface area (Å²) in [5, 5.41) is 15.2. The van der Waals surface area contributed by atoms with Gasteiger partial charge in [0, 0.05) is 29.1 Å². The van der Waals surface area contributed by atoms with Crippen molar-refractivity contribution >= 4 is 69.8 Å². The van der Waals surface area contributed by atoms with E-state index in [0.29, 0.717) is 17.8 Å². The number of aryl methyl sites for hydroxylation is 2. The van der Waals surface area contributed by atoms with Crippen molar-refractivity contribution in [3.05, 3.63) is 174 Å². The number of nitrogens with one attached hydrogen (secondary N) is 3. The minimum atomic E-state index is -2.52. The van der Waals surface area contributed by atoms with Crippen LogP contribution >= 0.6 is 11.8 Å². The molecule has 7 rings (SSSR count). The van der Waals surface area contributed by atoms with Gasteiger partial charge in [0.2, 0.25) is 17.8 Å². The molecule has 6 nitrogen and oxygen atoms in total. The molecule has 0 atom stereocenters. The highest BCUT2D eigenvalue weighted by atomic mass is 32.2. The van der Waals surface area contributed by atoms with Crippen molar-refractivity contribution in [2.45, 2.75) is 24.5 Å². The highest BCUT2D eigenvalue weighted by Crippen LogP contribution is 2.26. The van der Waals surface area contributed by atoms with E-state index in [1.54, 1.807) is 7.05 Å². The van der Waals surface area contributed by atoms with Gasteiger partial charge in [-0.05, 0) is 87.7 Å². The Morgan fingerprint density at radius 1 is 0.490 bits per heavy atom. The smallest absolute Gasteiger partial charge is 0.233 e. The molecule has 1 aromatic heterocycles. The topological polar surface area (TPSA) is 74.8 Å². The number of hydrogen-bond donors (Lipinski definition) is 3. The van der Waals surface area contributed by atoms with Gasteiger partial charge in [0.25, 0.3) is 0 Å². The average Bonchev–Trinajstić information content (AvgIpc) is 3.16. The number of benzene rings is 6. The molecule has 0 aliphatic carbocycles. The van der Waals surface area contributed by atoms with E-state index in [9.17, 15) is 0 Å². The zero-order valence-corrected chi connectivity index (χ0v) is 30.8. The monoisotopic (exact) mass is 700 g/mol. The SMILES string of the molecule is CNc1nc(Nc2ccc(SCc3ccc([Si](c4ccccc4)(c4ccccc4)c4ccccc4)cc3)cc2)nc(Nc2cc(C)cc(C)c2)n1. The maximum Gasteiger partial charge on any atom is 0.233 e. The molecule has 3 N–H and O–H groups in total. The average molecular weight is 701 g/mol. The van der Waals surface area contributed by atoms with Crippen LogP contribution < -0.4 is 36.7 Å². The fraction of sp³-hybridized carbons (Fsp3) is 0.0930. The minimum Gasteiger partial charge on any atom is -0.357 e. The van der Waals surface area contributed by atoms with Gasteiger partial charge in [0.15, 0.2) is 8.07 Å². The number of aromatic nitrogens is 3. The Bertz CT molecular complexity index is 2080. The van der Waals surface area contributed by atoms with Crippen LogP contribution in [-0.2, 0) is 5.75 Å². The van der Waals surface area contributed by atoms with E-state index in [1.165, 1.54) is 42.3 Å². The van der Waals surface area contributed by atoms with Crippen LogP contribution in [0, 0.1) is 13.8 Å². The lowest BCUT2D eigenvalue weighted by atomic mass is 10.1. The Kier molecular flexibility index (Phi) is 10.2. The van der Waals surface area contributed by atoms with Crippen molar-refractivity contribution in [3.63, 3.8) is 0 Å². The molecule has 0 spiro atoms. The summed E-state index contributed by atoms with van der Waals surface area (Å²) < 4.78 is 0. The highest BCUT2D eigenvalue weighted by Gasteiger charge is 2.41. The molecule has 0 unspecified atom stereocenters. The van der Waals surface area contributed by atoms with Gasteiger partial charge in [0.1, 0.15) is 0 Å². The van der Waals surface area contributed by atoms with Crippen molar-refractivity contribution < 1.29 is 0 Å². The zero-order valence-electron chi connectivity index (χ0n) is 29.0. The maximum atomic E-state index is 4.63. The summed E-state index contributed by atoms with van der Waals surface area (Å²) >= 11 is 1.83. The molecule has 0 aliphatic heterocycles. The minimum absolute atomic E-state index is 0.461. The van der Waals surface area contributed by atoms with Gasteiger partial charge >= 0.3 is 0 Å². The first kappa shape index (κ1) is 33.8. The van der Waals surface area contributed by atoms with Gasteiger partial charge in [-0.3, -0.25) is 0 Å². The first-order valence-corrected chi connectivity index (χ1v) is 20.0. The quantitative estimate of drug-likeness (QED) is 0.0686. The van der Waals surface area contributed by atoms with Gasteiger partial charge < -0.3 is 16.0 Å². The van der Waals surface area contributed by atoms with Crippen molar-refractivity contribution in [3.8, 4) is 0 Å². The van der Waals surface area contributed by atoms with Crippen molar-refractivity contribution in [2.24, 2.45) is 0 Å². The summed E-state index contributed by atoms with van der Waals surface area (Å²) in [6, 6.07) is 57.1. The normalized spacial score (nSPS) is 11.2. The van der Waals surface area contributed by atoms with Crippen LogP contribution in [-0.4, -0.2) is 30.1 Å². The Hall–Kier alpha value is -5.70. The second-order valence-electron chi connectivity index (χ2n) is 12.5. The summed E-state index contributed by atoms with van der Waals surface area (Å²) in [4.78, 5) is 14.8. The van der Waals surface area contributed by atoms with Gasteiger partial charge in [-0.25, -0.2) is 0 Å². The van der Waals surface area contributed by atoms with Crippen LogP contribution in [0.25, 0.3) is 0 Å². The van der Waals surface area contributed by atoms with Crippen LogP contribution in [0.5, 0.6) is 0 Å². The van der Waals surface area contributed by atoms with Crippen LogP contribution in [0.1, 0.15) is 16.7 Å². The molecule has 0 fully saturated rings. The molecule has 0 aliphatic rings. The molecule has 0 bridgehead atoms. The third-order valence-electron chi connectivity index (χ3n) is 8.86. The summed E-state index contributed by atoms with van der Waals surface area (Å²) in [5.41, 5.74) is 5.47. The largest absolute Gasteiger partial charge is 0.357 e. The standard InChI is InChI=1S/C43H40N6SSi/c1-31-27-32(2)29-35(28-31)46-43-48-41(44-3)47-42(49-43)45-34-21-23-36(24-22-34)50-30-33-19-25-40(26-20-33)51(37-13-7-4-8-14-37,38-15-9-5-10-16-38)39-17-11-6-12-18-39/h4-29H,30H2,1-3H3,(H3,44,45,46,47,48,49). The Morgan fingerprint density at radius 3 is 1.43 bits per heavy atom. The summed E-state index contributed by atoms with van der Waals surface area (Å²) in [6.45, 7) is 4.15. The summed E-state index contributed by atoms with van der Waals surface area (Å²) in [7, 11) is -0.719. The number of thioether (sulfide) groups is 1. The fourth-order valence-corrected chi connectivity index (χ4v) is 12.2. The Morgan fingerprint density at radius 2 is 0.941 bits per heavy atom.